The van der Waals surface area contributed by atoms with Gasteiger partial charge >= 0.3 is 5.97 Å². The van der Waals surface area contributed by atoms with Crippen LogP contribution in [0.5, 0.6) is 23.0 Å². The molecule has 2 aliphatic rings. The Kier molecular flexibility index (Phi) is 5.95. The van der Waals surface area contributed by atoms with E-state index >= 15 is 0 Å². The summed E-state index contributed by atoms with van der Waals surface area (Å²) in [6.07, 6.45) is 0. The fraction of sp³-hybridized carbons (Fsp3) is 0.0909. The van der Waals surface area contributed by atoms with Crippen molar-refractivity contribution in [2.24, 2.45) is 0 Å². The molecule has 0 radical (unpaired) electrons. The summed E-state index contributed by atoms with van der Waals surface area (Å²) >= 11 is 17.4. The number of carbonyl (C=O) groups excluding carboxylic acids is 2. The predicted molar refractivity (Wildman–Crippen MR) is 141 cm³/mol. The van der Waals surface area contributed by atoms with Gasteiger partial charge in [0.2, 0.25) is 5.91 Å². The van der Waals surface area contributed by atoms with Crippen LogP contribution in [0, 0.1) is 0 Å². The van der Waals surface area contributed by atoms with Crippen LogP contribution in [0.3, 0.4) is 0 Å². The quantitative estimate of drug-likeness (QED) is 0.175. The van der Waals surface area contributed by atoms with Crippen molar-refractivity contribution in [3.8, 4) is 23.0 Å². The molecular weight excluding hydrogens is 726 g/mol. The Morgan fingerprint density at radius 2 is 1.50 bits per heavy atom. The largest absolute Gasteiger partial charge is 0.505 e. The maximum Gasteiger partial charge on any atom is 0.340 e. The van der Waals surface area contributed by atoms with Crippen LogP contribution in [0.1, 0.15) is 27.0 Å². The number of aromatic hydroxyl groups is 2. The Balaban J connectivity index is 1.90. The van der Waals surface area contributed by atoms with Crippen molar-refractivity contribution in [3.05, 3.63) is 70.5 Å². The lowest BCUT2D eigenvalue weighted by Gasteiger charge is -2.38. The normalized spacial score (nSPS) is 14.7. The highest BCUT2D eigenvalue weighted by atomic mass is 79.9. The van der Waals surface area contributed by atoms with E-state index in [4.69, 9.17) is 9.47 Å². The van der Waals surface area contributed by atoms with Crippen LogP contribution in [0.25, 0.3) is 0 Å². The molecule has 2 heterocycles. The second kappa shape index (κ2) is 8.44. The predicted octanol–water partition coefficient (Wildman–Crippen LogP) is 6.58. The average molecular weight is 737 g/mol. The number of esters is 1. The van der Waals surface area contributed by atoms with Gasteiger partial charge in [-0.15, -0.1) is 0 Å². The minimum absolute atomic E-state index is 0.0183. The SMILES string of the molecule is O=C(CS)Nc1ccc2c(c1)C1(OC2=O)c2cc(Br)c(O)c(Br)c2Oc2c1cc(Br)c(O)c2Br. The van der Waals surface area contributed by atoms with Gasteiger partial charge in [0.25, 0.3) is 0 Å². The first-order valence-corrected chi connectivity index (χ1v) is 13.3. The number of hydrogen-bond acceptors (Lipinski definition) is 7. The Morgan fingerprint density at radius 1 is 0.941 bits per heavy atom. The van der Waals surface area contributed by atoms with Crippen LogP contribution in [-0.4, -0.2) is 27.8 Å². The van der Waals surface area contributed by atoms with Gasteiger partial charge in [-0.1, -0.05) is 0 Å². The topological polar surface area (TPSA) is 105 Å². The van der Waals surface area contributed by atoms with Gasteiger partial charge in [-0.2, -0.15) is 12.6 Å². The Labute approximate surface area is 231 Å². The molecule has 0 bridgehead atoms. The van der Waals surface area contributed by atoms with E-state index in [1.54, 1.807) is 30.3 Å². The summed E-state index contributed by atoms with van der Waals surface area (Å²) in [6, 6.07) is 8.05. The number of phenols is 2. The lowest BCUT2D eigenvalue weighted by Crippen LogP contribution is -2.33. The molecule has 7 nitrogen and oxygen atoms in total. The van der Waals surface area contributed by atoms with Crippen LogP contribution in [0.15, 0.2) is 48.2 Å². The zero-order valence-corrected chi connectivity index (χ0v) is 23.8. The van der Waals surface area contributed by atoms with Crippen molar-refractivity contribution in [2.45, 2.75) is 5.60 Å². The fourth-order valence-electron chi connectivity index (χ4n) is 4.09. The van der Waals surface area contributed by atoms with E-state index in [2.05, 4.69) is 81.7 Å². The fourth-order valence-corrected chi connectivity index (χ4v) is 6.57. The molecule has 2 aliphatic heterocycles. The van der Waals surface area contributed by atoms with Crippen molar-refractivity contribution in [2.75, 3.05) is 11.1 Å². The lowest BCUT2D eigenvalue weighted by molar-refractivity contribution is -0.113. The van der Waals surface area contributed by atoms with E-state index < -0.39 is 11.6 Å². The number of phenolic OH excluding ortho intramolecular Hbond substituents is 2. The van der Waals surface area contributed by atoms with E-state index in [0.717, 1.165) is 0 Å². The van der Waals surface area contributed by atoms with E-state index in [9.17, 15) is 19.8 Å². The van der Waals surface area contributed by atoms with Crippen LogP contribution < -0.4 is 10.1 Å². The summed E-state index contributed by atoms with van der Waals surface area (Å²) in [5.41, 5.74) is 0.516. The van der Waals surface area contributed by atoms with Gasteiger partial charge in [0.15, 0.2) is 17.1 Å². The zero-order chi connectivity index (χ0) is 24.5. The van der Waals surface area contributed by atoms with Crippen LogP contribution >= 0.6 is 76.3 Å². The molecule has 0 aliphatic carbocycles. The monoisotopic (exact) mass is 733 g/mol. The minimum atomic E-state index is -1.52. The molecule has 1 amide bonds. The molecule has 0 fully saturated rings. The van der Waals surface area contributed by atoms with E-state index in [0.29, 0.717) is 36.9 Å². The van der Waals surface area contributed by atoms with E-state index in [1.165, 1.54) is 0 Å². The summed E-state index contributed by atoms with van der Waals surface area (Å²) in [7, 11) is 0. The molecule has 3 aromatic rings. The molecular formula is C22H11Br4NO6S. The second-order valence-corrected chi connectivity index (χ2v) is 11.0. The summed E-state index contributed by atoms with van der Waals surface area (Å²) < 4.78 is 13.4. The van der Waals surface area contributed by atoms with Crippen molar-refractivity contribution >= 4 is 93.9 Å². The summed E-state index contributed by atoms with van der Waals surface area (Å²) in [4.78, 5) is 25.1. The number of anilines is 1. The molecule has 1 spiro atoms. The van der Waals surface area contributed by atoms with Crippen molar-refractivity contribution in [1.82, 2.24) is 0 Å². The minimum Gasteiger partial charge on any atom is -0.505 e. The standard InChI is InChI=1S/C22H11Br4NO6S/c23-12-4-10-19(15(25)17(12)29)32-20-11(5-13(24)18(30)16(20)26)22(10)9-3-7(27-14(28)6-34)1-2-8(9)21(31)33-22/h1-5,29-30,34H,6H2,(H,27,28). The molecule has 12 heteroatoms. The smallest absolute Gasteiger partial charge is 0.340 e. The van der Waals surface area contributed by atoms with Crippen molar-refractivity contribution in [1.29, 1.82) is 0 Å². The maximum atomic E-state index is 13.1. The molecule has 0 unspecified atom stereocenters. The highest BCUT2D eigenvalue weighted by Crippen LogP contribution is 2.62. The highest BCUT2D eigenvalue weighted by Gasteiger charge is 2.55. The number of amides is 1. The average Bonchev–Trinajstić information content (AvgIpc) is 3.10. The van der Waals surface area contributed by atoms with Gasteiger partial charge in [-0.3, -0.25) is 4.79 Å². The molecule has 0 aromatic heterocycles. The molecule has 0 saturated heterocycles. The number of halogens is 4. The third-order valence-corrected chi connectivity index (χ3v) is 8.52. The van der Waals surface area contributed by atoms with Crippen LogP contribution in [0.4, 0.5) is 5.69 Å². The Morgan fingerprint density at radius 3 is 2.03 bits per heavy atom. The first kappa shape index (κ1) is 24.0. The van der Waals surface area contributed by atoms with Crippen molar-refractivity contribution in [3.63, 3.8) is 0 Å². The van der Waals surface area contributed by atoms with Gasteiger partial charge in [0.05, 0.1) is 31.4 Å². The third-order valence-electron chi connectivity index (χ3n) is 5.55. The van der Waals surface area contributed by atoms with Crippen LogP contribution in [-0.2, 0) is 15.1 Å². The van der Waals surface area contributed by atoms with Gasteiger partial charge in [-0.25, -0.2) is 4.79 Å². The summed E-state index contributed by atoms with van der Waals surface area (Å²) in [5, 5.41) is 23.8. The molecule has 3 N–H and O–H groups in total. The number of nitrogens with one attached hydrogen (secondary N) is 1. The number of benzene rings is 3. The van der Waals surface area contributed by atoms with Crippen LogP contribution in [0.2, 0.25) is 0 Å². The second-order valence-electron chi connectivity index (χ2n) is 7.43. The molecule has 3 aromatic carbocycles. The Bertz CT molecular complexity index is 1380. The summed E-state index contributed by atoms with van der Waals surface area (Å²) in [6.45, 7) is 0. The number of hydrogen-bond donors (Lipinski definition) is 4. The van der Waals surface area contributed by atoms with Gasteiger partial charge < -0.3 is 25.0 Å². The number of carbonyl (C=O) groups is 2. The number of ether oxygens (including phenoxy) is 2. The zero-order valence-electron chi connectivity index (χ0n) is 16.6. The first-order valence-electron chi connectivity index (χ1n) is 9.49. The maximum absolute atomic E-state index is 13.1. The lowest BCUT2D eigenvalue weighted by atomic mass is 9.77. The van der Waals surface area contributed by atoms with E-state index in [1.807, 2.05) is 0 Å². The molecule has 0 atom stereocenters. The van der Waals surface area contributed by atoms with E-state index in [-0.39, 0.29) is 43.6 Å². The van der Waals surface area contributed by atoms with Gasteiger partial charge in [0, 0.05) is 11.3 Å². The number of fused-ring (bicyclic) bond motifs is 6. The first-order chi connectivity index (χ1) is 16.1. The third kappa shape index (κ3) is 3.33. The molecule has 5 rings (SSSR count). The Hall–Kier alpha value is -1.73. The highest BCUT2D eigenvalue weighted by molar-refractivity contribution is 9.11. The number of thiol groups is 1. The van der Waals surface area contributed by atoms with Gasteiger partial charge in [-0.05, 0) is 94.1 Å². The molecule has 34 heavy (non-hydrogen) atoms. The van der Waals surface area contributed by atoms with Crippen molar-refractivity contribution < 1.29 is 29.3 Å². The number of rotatable bonds is 2. The van der Waals surface area contributed by atoms with Gasteiger partial charge in [0.1, 0.15) is 20.4 Å². The summed E-state index contributed by atoms with van der Waals surface area (Å²) in [5.74, 6) is -0.761. The molecule has 174 valence electrons. The molecule has 0 saturated carbocycles.